The monoisotopic (exact) mass is 276 g/mol. The Morgan fingerprint density at radius 3 is 2.61 bits per heavy atom. The number of aliphatic hydroxyl groups excluding tert-OH is 1. The quantitative estimate of drug-likeness (QED) is 0.792. The van der Waals surface area contributed by atoms with E-state index < -0.39 is 10.0 Å². The van der Waals surface area contributed by atoms with E-state index in [1.807, 2.05) is 0 Å². The maximum absolute atomic E-state index is 11.6. The van der Waals surface area contributed by atoms with Crippen LogP contribution in [0.5, 0.6) is 0 Å². The molecule has 6 heteroatoms. The Hall–Kier alpha value is -0.170. The lowest BCUT2D eigenvalue weighted by molar-refractivity contribution is 0.124. The first-order valence-corrected chi connectivity index (χ1v) is 8.65. The van der Waals surface area contributed by atoms with E-state index in [9.17, 15) is 13.5 Å². The molecule has 18 heavy (non-hydrogen) atoms. The fourth-order valence-electron chi connectivity index (χ4n) is 3.15. The van der Waals surface area contributed by atoms with Gasteiger partial charge < -0.3 is 5.11 Å². The predicted molar refractivity (Wildman–Crippen MR) is 70.8 cm³/mol. The Bertz CT molecular complexity index is 372. The lowest BCUT2D eigenvalue weighted by Crippen LogP contribution is -2.44. The molecule has 0 aromatic rings. The molecule has 0 aromatic heterocycles. The third-order valence-electron chi connectivity index (χ3n) is 4.15. The van der Waals surface area contributed by atoms with Gasteiger partial charge >= 0.3 is 0 Å². The smallest absolute Gasteiger partial charge is 0.211 e. The summed E-state index contributed by atoms with van der Waals surface area (Å²) < 4.78 is 24.7. The second-order valence-electron chi connectivity index (χ2n) is 5.60. The summed E-state index contributed by atoms with van der Waals surface area (Å²) in [5.41, 5.74) is 0. The van der Waals surface area contributed by atoms with Crippen LogP contribution in [0.15, 0.2) is 0 Å². The Morgan fingerprint density at radius 1 is 1.22 bits per heavy atom. The van der Waals surface area contributed by atoms with Crippen LogP contribution in [0, 0.1) is 5.92 Å². The Balaban J connectivity index is 1.90. The molecule has 0 radical (unpaired) electrons. The first-order chi connectivity index (χ1) is 8.50. The molecule has 2 rings (SSSR count). The summed E-state index contributed by atoms with van der Waals surface area (Å²) in [4.78, 5) is 2.33. The summed E-state index contributed by atoms with van der Waals surface area (Å²) >= 11 is 0. The van der Waals surface area contributed by atoms with Gasteiger partial charge in [0.2, 0.25) is 10.0 Å². The Morgan fingerprint density at radius 2 is 1.94 bits per heavy atom. The van der Waals surface area contributed by atoms with Crippen molar-refractivity contribution in [2.75, 3.05) is 39.0 Å². The molecule has 1 unspecified atom stereocenters. The molecule has 2 aliphatic rings. The molecule has 2 aliphatic heterocycles. The molecule has 0 aliphatic carbocycles. The molecule has 2 atom stereocenters. The van der Waals surface area contributed by atoms with Crippen molar-refractivity contribution in [2.24, 2.45) is 5.92 Å². The van der Waals surface area contributed by atoms with Crippen LogP contribution < -0.4 is 0 Å². The highest BCUT2D eigenvalue weighted by Gasteiger charge is 2.30. The molecule has 0 amide bonds. The average molecular weight is 276 g/mol. The van der Waals surface area contributed by atoms with E-state index in [0.29, 0.717) is 25.0 Å². The number of rotatable bonds is 4. The van der Waals surface area contributed by atoms with E-state index >= 15 is 0 Å². The lowest BCUT2D eigenvalue weighted by atomic mass is 9.99. The van der Waals surface area contributed by atoms with Gasteiger partial charge in [-0.25, -0.2) is 12.7 Å². The van der Waals surface area contributed by atoms with E-state index in [1.54, 1.807) is 4.31 Å². The highest BCUT2D eigenvalue weighted by Crippen LogP contribution is 2.24. The largest absolute Gasteiger partial charge is 0.395 e. The Kier molecular flexibility index (Phi) is 4.64. The third-order valence-corrected chi connectivity index (χ3v) is 5.42. The van der Waals surface area contributed by atoms with Gasteiger partial charge in [-0.15, -0.1) is 0 Å². The SMILES string of the molecule is CS(=O)(=O)N1CCCC(CN2CCC[C@@H]2CO)C1. The van der Waals surface area contributed by atoms with Crippen LogP contribution in [0.2, 0.25) is 0 Å². The van der Waals surface area contributed by atoms with Crippen LogP contribution in [0.25, 0.3) is 0 Å². The van der Waals surface area contributed by atoms with Crippen LogP contribution in [-0.4, -0.2) is 67.8 Å². The van der Waals surface area contributed by atoms with Gasteiger partial charge in [0.15, 0.2) is 0 Å². The van der Waals surface area contributed by atoms with Gasteiger partial charge in [0, 0.05) is 25.7 Å². The second kappa shape index (κ2) is 5.86. The number of hydrogen-bond donors (Lipinski definition) is 1. The summed E-state index contributed by atoms with van der Waals surface area (Å²) in [7, 11) is -3.05. The standard InChI is InChI=1S/C12H24N2O3S/c1-18(16,17)14-7-2-4-11(9-14)8-13-6-3-5-12(13)10-15/h11-12,15H,2-10H2,1H3/t11?,12-/m1/s1. The van der Waals surface area contributed by atoms with Crippen LogP contribution in [0.3, 0.4) is 0 Å². The molecule has 0 saturated carbocycles. The van der Waals surface area contributed by atoms with Crippen molar-refractivity contribution in [3.8, 4) is 0 Å². The fourth-order valence-corrected chi connectivity index (χ4v) is 4.09. The highest BCUT2D eigenvalue weighted by atomic mass is 32.2. The maximum Gasteiger partial charge on any atom is 0.211 e. The minimum atomic E-state index is -3.05. The lowest BCUT2D eigenvalue weighted by Gasteiger charge is -2.34. The summed E-state index contributed by atoms with van der Waals surface area (Å²) in [6, 6.07) is 0.290. The van der Waals surface area contributed by atoms with Crippen LogP contribution in [0.4, 0.5) is 0 Å². The van der Waals surface area contributed by atoms with Crippen molar-refractivity contribution in [3.63, 3.8) is 0 Å². The van der Waals surface area contributed by atoms with Gasteiger partial charge in [0.1, 0.15) is 0 Å². The molecule has 106 valence electrons. The molecule has 0 bridgehead atoms. The van der Waals surface area contributed by atoms with Crippen molar-refractivity contribution in [1.29, 1.82) is 0 Å². The van der Waals surface area contributed by atoms with Gasteiger partial charge in [-0.2, -0.15) is 0 Å². The van der Waals surface area contributed by atoms with Crippen molar-refractivity contribution < 1.29 is 13.5 Å². The minimum Gasteiger partial charge on any atom is -0.395 e. The highest BCUT2D eigenvalue weighted by molar-refractivity contribution is 7.88. The molecular formula is C12H24N2O3S. The zero-order valence-electron chi connectivity index (χ0n) is 11.1. The minimum absolute atomic E-state index is 0.225. The second-order valence-corrected chi connectivity index (χ2v) is 7.59. The average Bonchev–Trinajstić information content (AvgIpc) is 2.75. The van der Waals surface area contributed by atoms with Crippen molar-refractivity contribution in [2.45, 2.75) is 31.7 Å². The summed E-state index contributed by atoms with van der Waals surface area (Å²) in [5.74, 6) is 0.417. The normalized spacial score (nSPS) is 31.9. The third kappa shape index (κ3) is 3.44. The first kappa shape index (κ1) is 14.2. The Labute approximate surface area is 110 Å². The van der Waals surface area contributed by atoms with E-state index in [1.165, 1.54) is 6.26 Å². The van der Waals surface area contributed by atoms with E-state index in [4.69, 9.17) is 0 Å². The van der Waals surface area contributed by atoms with Gasteiger partial charge in [-0.3, -0.25) is 4.90 Å². The van der Waals surface area contributed by atoms with Gasteiger partial charge in [-0.1, -0.05) is 0 Å². The van der Waals surface area contributed by atoms with E-state index in [2.05, 4.69) is 4.90 Å². The topological polar surface area (TPSA) is 60.9 Å². The zero-order valence-corrected chi connectivity index (χ0v) is 11.9. The van der Waals surface area contributed by atoms with E-state index in [-0.39, 0.29) is 6.61 Å². The zero-order chi connectivity index (χ0) is 13.2. The van der Waals surface area contributed by atoms with Crippen LogP contribution in [-0.2, 0) is 10.0 Å². The molecule has 2 saturated heterocycles. The molecule has 1 N–H and O–H groups in total. The summed E-state index contributed by atoms with van der Waals surface area (Å²) in [5, 5.41) is 9.30. The molecule has 2 heterocycles. The van der Waals surface area contributed by atoms with Crippen LogP contribution in [0.1, 0.15) is 25.7 Å². The van der Waals surface area contributed by atoms with Crippen molar-refractivity contribution in [3.05, 3.63) is 0 Å². The fraction of sp³-hybridized carbons (Fsp3) is 1.00. The number of likely N-dealkylation sites (tertiary alicyclic amines) is 1. The van der Waals surface area contributed by atoms with Gasteiger partial charge in [0.05, 0.1) is 12.9 Å². The molecule has 5 nitrogen and oxygen atoms in total. The van der Waals surface area contributed by atoms with Gasteiger partial charge in [-0.05, 0) is 38.1 Å². The van der Waals surface area contributed by atoms with Crippen LogP contribution >= 0.6 is 0 Å². The summed E-state index contributed by atoms with van der Waals surface area (Å²) in [6.45, 7) is 3.51. The van der Waals surface area contributed by atoms with Gasteiger partial charge in [0.25, 0.3) is 0 Å². The van der Waals surface area contributed by atoms with Crippen molar-refractivity contribution >= 4 is 10.0 Å². The number of hydrogen-bond acceptors (Lipinski definition) is 4. The number of nitrogens with zero attached hydrogens (tertiary/aromatic N) is 2. The maximum atomic E-state index is 11.6. The number of piperidine rings is 1. The summed E-state index contributed by atoms with van der Waals surface area (Å²) in [6.07, 6.45) is 5.56. The molecule has 2 fully saturated rings. The number of sulfonamides is 1. The van der Waals surface area contributed by atoms with Crippen molar-refractivity contribution in [1.82, 2.24) is 9.21 Å². The predicted octanol–water partition coefficient (Wildman–Crippen LogP) is 0.115. The first-order valence-electron chi connectivity index (χ1n) is 6.80. The molecular weight excluding hydrogens is 252 g/mol. The van der Waals surface area contributed by atoms with E-state index in [0.717, 1.165) is 38.8 Å². The molecule has 0 aromatic carbocycles. The number of aliphatic hydroxyl groups is 1. The molecule has 0 spiro atoms.